The molecule has 2 unspecified atom stereocenters. The highest BCUT2D eigenvalue weighted by Crippen LogP contribution is 2.36. The van der Waals surface area contributed by atoms with Crippen LogP contribution in [-0.2, 0) is 27.2 Å². The summed E-state index contributed by atoms with van der Waals surface area (Å²) in [7, 11) is 3.05. The van der Waals surface area contributed by atoms with Crippen molar-refractivity contribution in [1.82, 2.24) is 10.2 Å². The number of aromatic nitrogens is 1. The Hall–Kier alpha value is -3.87. The van der Waals surface area contributed by atoms with Crippen molar-refractivity contribution in [3.63, 3.8) is 0 Å². The lowest BCUT2D eigenvalue weighted by Gasteiger charge is -2.44. The number of ether oxygens (including phenoxy) is 4. The number of piperidine rings is 3. The van der Waals surface area contributed by atoms with Crippen LogP contribution in [0.15, 0.2) is 73.1 Å². The van der Waals surface area contributed by atoms with Crippen molar-refractivity contribution in [2.75, 3.05) is 40.4 Å². The third-order valence-corrected chi connectivity index (χ3v) is 11.1. The van der Waals surface area contributed by atoms with E-state index in [-0.39, 0.29) is 28.5 Å². The second kappa shape index (κ2) is 16.4. The molecule has 2 bridgehead atoms. The number of hydrogen-bond acceptors (Lipinski definition) is 10. The normalized spacial score (nSPS) is 19.4. The lowest BCUT2D eigenvalue weighted by atomic mass is 9.85. The van der Waals surface area contributed by atoms with Crippen molar-refractivity contribution in [1.29, 1.82) is 0 Å². The van der Waals surface area contributed by atoms with E-state index in [4.69, 9.17) is 42.1 Å². The van der Waals surface area contributed by atoms with Gasteiger partial charge in [-0.15, -0.1) is 11.3 Å². The number of hydrogen-bond donors (Lipinski definition) is 1. The number of nitrogens with zero attached hydrogens (tertiary/aromatic N) is 2. The zero-order valence-electron chi connectivity index (χ0n) is 27.8. The fourth-order valence-electron chi connectivity index (χ4n) is 6.60. The van der Waals surface area contributed by atoms with E-state index >= 15 is 0 Å². The van der Waals surface area contributed by atoms with Crippen LogP contribution in [0.4, 0.5) is 0 Å². The van der Waals surface area contributed by atoms with Crippen molar-refractivity contribution in [3.05, 3.63) is 115 Å². The van der Waals surface area contributed by atoms with Crippen LogP contribution in [0.2, 0.25) is 10.0 Å². The van der Waals surface area contributed by atoms with Crippen molar-refractivity contribution in [2.24, 2.45) is 5.92 Å². The molecule has 0 amide bonds. The number of methoxy groups -OCH3 is 2. The van der Waals surface area contributed by atoms with Gasteiger partial charge in [0.1, 0.15) is 27.1 Å². The molecule has 3 atom stereocenters. The molecule has 0 aliphatic carbocycles. The van der Waals surface area contributed by atoms with Gasteiger partial charge >= 0.3 is 11.9 Å². The first-order valence-corrected chi connectivity index (χ1v) is 18.1. The minimum absolute atomic E-state index is 0.0677. The van der Waals surface area contributed by atoms with Gasteiger partial charge in [0.05, 0.1) is 20.1 Å². The molecule has 3 aliphatic heterocycles. The highest BCUT2D eigenvalue weighted by Gasteiger charge is 2.38. The van der Waals surface area contributed by atoms with E-state index in [2.05, 4.69) is 10.2 Å². The molecule has 0 spiro atoms. The number of esters is 2. The topological polar surface area (TPSA) is 113 Å². The molecule has 4 aromatic rings. The Labute approximate surface area is 305 Å². The number of rotatable bonds is 14. The third kappa shape index (κ3) is 8.52. The number of thiophene rings is 1. The average Bonchev–Trinajstić information content (AvgIpc) is 3.61. The van der Waals surface area contributed by atoms with Crippen molar-refractivity contribution in [2.45, 2.75) is 43.9 Å². The molecule has 2 aromatic heterocycles. The zero-order chi connectivity index (χ0) is 35.2. The molecule has 13 heteroatoms. The standard InChI is InChI=1S/C37H39Cl2N3O7S/c1-46-31-10-8-25(16-33(31)47-2)32(17-27-29(38)20-42(45)21-30(27)39)48-37(44)35-11-9-26(50-35)18-40-19-28(23-6-4-3-5-7-23)36(43)49-34-22-41-14-12-24(34)13-15-41/h3-11,16,20-21,24,28,32,34,40H,12-15,17-19,22H2,1-2H3/t28?,32?,34-/m0/s1. The van der Waals surface area contributed by atoms with Gasteiger partial charge in [0, 0.05) is 36.5 Å². The molecule has 7 rings (SSSR count). The van der Waals surface area contributed by atoms with E-state index in [0.717, 1.165) is 42.9 Å². The fraction of sp³-hybridized carbons (Fsp3) is 0.378. The molecule has 5 heterocycles. The molecular formula is C37H39Cl2N3O7S. The van der Waals surface area contributed by atoms with Crippen LogP contribution in [0, 0.1) is 11.1 Å². The third-order valence-electron chi connectivity index (χ3n) is 9.34. The summed E-state index contributed by atoms with van der Waals surface area (Å²) in [4.78, 5) is 30.7. The van der Waals surface area contributed by atoms with E-state index < -0.39 is 18.0 Å². The zero-order valence-corrected chi connectivity index (χ0v) is 30.1. The molecule has 3 aliphatic rings. The van der Waals surface area contributed by atoms with Crippen LogP contribution < -0.4 is 19.5 Å². The number of halogens is 2. The number of pyridine rings is 1. The van der Waals surface area contributed by atoms with Gasteiger partial charge in [-0.05, 0) is 67.2 Å². The highest BCUT2D eigenvalue weighted by molar-refractivity contribution is 7.13. The summed E-state index contributed by atoms with van der Waals surface area (Å²) < 4.78 is 23.6. The number of carbonyl (C=O) groups is 2. The second-order valence-corrected chi connectivity index (χ2v) is 14.5. The van der Waals surface area contributed by atoms with E-state index in [1.165, 1.54) is 38.0 Å². The van der Waals surface area contributed by atoms with Gasteiger partial charge in [-0.1, -0.05) is 59.6 Å². The van der Waals surface area contributed by atoms with Crippen LogP contribution in [0.3, 0.4) is 0 Å². The van der Waals surface area contributed by atoms with E-state index in [0.29, 0.717) is 51.2 Å². The molecule has 264 valence electrons. The molecule has 2 aromatic carbocycles. The van der Waals surface area contributed by atoms with Crippen molar-refractivity contribution >= 4 is 46.5 Å². The fourth-order valence-corrected chi connectivity index (χ4v) is 8.06. The lowest BCUT2D eigenvalue weighted by molar-refractivity contribution is -0.605. The Morgan fingerprint density at radius 2 is 1.70 bits per heavy atom. The Kier molecular flexibility index (Phi) is 11.8. The number of nitrogens with one attached hydrogen (secondary N) is 1. The first kappa shape index (κ1) is 35.9. The molecule has 0 radical (unpaired) electrons. The van der Waals surface area contributed by atoms with E-state index in [1.54, 1.807) is 24.3 Å². The molecular weight excluding hydrogens is 701 g/mol. The Morgan fingerprint density at radius 3 is 2.36 bits per heavy atom. The summed E-state index contributed by atoms with van der Waals surface area (Å²) in [5.41, 5.74) is 1.98. The minimum Gasteiger partial charge on any atom is -0.619 e. The smallest absolute Gasteiger partial charge is 0.348 e. The first-order valence-electron chi connectivity index (χ1n) is 16.5. The van der Waals surface area contributed by atoms with Gasteiger partial charge < -0.3 is 29.5 Å². The maximum atomic E-state index is 13.6. The van der Waals surface area contributed by atoms with Gasteiger partial charge in [-0.2, -0.15) is 4.73 Å². The van der Waals surface area contributed by atoms with Crippen LogP contribution >= 0.6 is 34.5 Å². The quantitative estimate of drug-likeness (QED) is 0.0898. The summed E-state index contributed by atoms with van der Waals surface area (Å²) in [6.45, 7) is 3.78. The number of fused-ring (bicyclic) bond motifs is 3. The van der Waals surface area contributed by atoms with Gasteiger partial charge in [0.2, 0.25) is 0 Å². The van der Waals surface area contributed by atoms with Gasteiger partial charge in [0.25, 0.3) is 0 Å². The van der Waals surface area contributed by atoms with Crippen LogP contribution in [0.1, 0.15) is 56.1 Å². The van der Waals surface area contributed by atoms with E-state index in [1.807, 2.05) is 36.4 Å². The summed E-state index contributed by atoms with van der Waals surface area (Å²) in [6, 6.07) is 18.5. The summed E-state index contributed by atoms with van der Waals surface area (Å²) in [5.74, 6) is 0.178. The molecule has 10 nitrogen and oxygen atoms in total. The summed E-state index contributed by atoms with van der Waals surface area (Å²) in [6.07, 6.45) is 3.76. The van der Waals surface area contributed by atoms with Crippen molar-refractivity contribution in [3.8, 4) is 11.5 Å². The molecule has 0 saturated carbocycles. The predicted octanol–water partition coefficient (Wildman–Crippen LogP) is 6.36. The van der Waals surface area contributed by atoms with Gasteiger partial charge in [0.15, 0.2) is 23.9 Å². The molecule has 3 fully saturated rings. The van der Waals surface area contributed by atoms with Gasteiger partial charge in [-0.25, -0.2) is 4.79 Å². The molecule has 1 N–H and O–H groups in total. The Balaban J connectivity index is 1.13. The predicted molar refractivity (Wildman–Crippen MR) is 191 cm³/mol. The summed E-state index contributed by atoms with van der Waals surface area (Å²) in [5, 5.41) is 15.6. The Morgan fingerprint density at radius 1 is 0.980 bits per heavy atom. The van der Waals surface area contributed by atoms with Crippen LogP contribution in [0.25, 0.3) is 0 Å². The second-order valence-electron chi connectivity index (χ2n) is 12.5. The lowest BCUT2D eigenvalue weighted by Crippen LogP contribution is -2.52. The Bertz CT molecular complexity index is 1780. The van der Waals surface area contributed by atoms with Gasteiger partial charge in [-0.3, -0.25) is 9.69 Å². The largest absolute Gasteiger partial charge is 0.619 e. The van der Waals surface area contributed by atoms with Crippen molar-refractivity contribution < 1.29 is 33.3 Å². The minimum atomic E-state index is -0.822. The maximum absolute atomic E-state index is 13.6. The van der Waals surface area contributed by atoms with E-state index in [9.17, 15) is 14.8 Å². The first-order chi connectivity index (χ1) is 24.2. The summed E-state index contributed by atoms with van der Waals surface area (Å²) >= 11 is 14.1. The monoisotopic (exact) mass is 739 g/mol. The number of benzene rings is 2. The van der Waals surface area contributed by atoms with Crippen LogP contribution in [0.5, 0.6) is 11.5 Å². The maximum Gasteiger partial charge on any atom is 0.348 e. The average molecular weight is 741 g/mol. The van der Waals surface area contributed by atoms with Crippen LogP contribution in [-0.4, -0.2) is 63.3 Å². The molecule has 50 heavy (non-hydrogen) atoms. The molecule has 3 saturated heterocycles. The number of carbonyl (C=O) groups excluding carboxylic acids is 2. The SMILES string of the molecule is COc1ccc(C(Cc2c(Cl)c[n+]([O-])cc2Cl)OC(=O)c2ccc(CNCC(C(=O)O[C@H]3CN4CCC3CC4)c3ccccc3)s2)cc1OC. The highest BCUT2D eigenvalue weighted by atomic mass is 35.5.